The fraction of sp³-hybridized carbons (Fsp3) is 0.571. The van der Waals surface area contributed by atoms with Crippen molar-refractivity contribution in [1.29, 1.82) is 0 Å². The second-order valence-electron chi connectivity index (χ2n) is 2.61. The van der Waals surface area contributed by atoms with E-state index < -0.39 is 0 Å². The van der Waals surface area contributed by atoms with Gasteiger partial charge in [-0.3, -0.25) is 0 Å². The molecule has 1 aromatic heterocycles. The van der Waals surface area contributed by atoms with Crippen molar-refractivity contribution in [2.75, 3.05) is 6.61 Å². The maximum absolute atomic E-state index is 5.45. The summed E-state index contributed by atoms with van der Waals surface area (Å²) in [7, 11) is 0. The van der Waals surface area contributed by atoms with Gasteiger partial charge in [0.05, 0.1) is 9.77 Å². The highest BCUT2D eigenvalue weighted by atomic mass is 127. The van der Waals surface area contributed by atoms with Crippen molar-refractivity contribution >= 4 is 22.6 Å². The molecule has 1 fully saturated rings. The number of halogens is 1. The second kappa shape index (κ2) is 3.10. The lowest BCUT2D eigenvalue weighted by atomic mass is 10.3. The molecule has 1 aliphatic heterocycles. The molecule has 2 heterocycles. The highest BCUT2D eigenvalue weighted by Gasteiger charge is 2.17. The van der Waals surface area contributed by atoms with E-state index in [1.807, 2.05) is 17.1 Å². The van der Waals surface area contributed by atoms with E-state index in [0.717, 1.165) is 23.0 Å². The van der Waals surface area contributed by atoms with Crippen molar-refractivity contribution in [2.45, 2.75) is 19.1 Å². The van der Waals surface area contributed by atoms with Crippen molar-refractivity contribution in [3.63, 3.8) is 0 Å². The first kappa shape index (κ1) is 7.54. The molecular formula is C7H9IN2O. The molecule has 4 heteroatoms. The van der Waals surface area contributed by atoms with E-state index in [1.165, 1.54) is 0 Å². The number of ether oxygens (including phenoxy) is 1. The van der Waals surface area contributed by atoms with Gasteiger partial charge in [-0.05, 0) is 35.4 Å². The van der Waals surface area contributed by atoms with E-state index in [1.54, 1.807) is 0 Å². The third kappa shape index (κ3) is 1.56. The van der Waals surface area contributed by atoms with E-state index in [-0.39, 0.29) is 6.23 Å². The highest BCUT2D eigenvalue weighted by molar-refractivity contribution is 14.1. The largest absolute Gasteiger partial charge is 0.357 e. The van der Waals surface area contributed by atoms with Crippen LogP contribution in [0.5, 0.6) is 0 Å². The molecule has 0 aliphatic carbocycles. The fourth-order valence-electron chi connectivity index (χ4n) is 1.24. The van der Waals surface area contributed by atoms with Gasteiger partial charge in [-0.2, -0.15) is 5.10 Å². The third-order valence-electron chi connectivity index (χ3n) is 1.77. The Balaban J connectivity index is 2.15. The van der Waals surface area contributed by atoms with Gasteiger partial charge in [0.25, 0.3) is 0 Å². The lowest BCUT2D eigenvalue weighted by molar-refractivity contribution is 0.0467. The Hall–Kier alpha value is -0.100. The standard InChI is InChI=1S/C7H9IN2O/c8-6-4-9-10(5-6)7-2-1-3-11-7/h4-5,7H,1-3H2. The molecule has 0 aromatic carbocycles. The molecular weight excluding hydrogens is 255 g/mol. The molecule has 3 nitrogen and oxygen atoms in total. The minimum atomic E-state index is 0.193. The van der Waals surface area contributed by atoms with Crippen LogP contribution in [0.25, 0.3) is 0 Å². The van der Waals surface area contributed by atoms with E-state index in [9.17, 15) is 0 Å². The zero-order valence-corrected chi connectivity index (χ0v) is 8.19. The van der Waals surface area contributed by atoms with Crippen LogP contribution in [0.4, 0.5) is 0 Å². The van der Waals surface area contributed by atoms with Crippen molar-refractivity contribution in [2.24, 2.45) is 0 Å². The average Bonchev–Trinajstić information content (AvgIpc) is 2.55. The summed E-state index contributed by atoms with van der Waals surface area (Å²) in [6, 6.07) is 0. The number of hydrogen-bond donors (Lipinski definition) is 0. The molecule has 0 radical (unpaired) electrons. The molecule has 60 valence electrons. The molecule has 1 unspecified atom stereocenters. The summed E-state index contributed by atoms with van der Waals surface area (Å²) in [5.74, 6) is 0. The van der Waals surface area contributed by atoms with Gasteiger partial charge in [0.1, 0.15) is 6.23 Å². The summed E-state index contributed by atoms with van der Waals surface area (Å²) in [4.78, 5) is 0. The van der Waals surface area contributed by atoms with Gasteiger partial charge in [-0.25, -0.2) is 4.68 Å². The molecule has 1 atom stereocenters. The molecule has 2 rings (SSSR count). The van der Waals surface area contributed by atoms with E-state index in [0.29, 0.717) is 0 Å². The van der Waals surface area contributed by atoms with Crippen molar-refractivity contribution in [1.82, 2.24) is 9.78 Å². The van der Waals surface area contributed by atoms with Crippen molar-refractivity contribution in [3.05, 3.63) is 16.0 Å². The Morgan fingerprint density at radius 1 is 1.73 bits per heavy atom. The van der Waals surface area contributed by atoms with E-state index >= 15 is 0 Å². The summed E-state index contributed by atoms with van der Waals surface area (Å²) < 4.78 is 8.51. The lowest BCUT2D eigenvalue weighted by Crippen LogP contribution is -2.06. The van der Waals surface area contributed by atoms with Crippen molar-refractivity contribution < 1.29 is 4.74 Å². The van der Waals surface area contributed by atoms with Gasteiger partial charge in [-0.15, -0.1) is 0 Å². The fourth-order valence-corrected chi connectivity index (χ4v) is 1.65. The average molecular weight is 264 g/mol. The van der Waals surface area contributed by atoms with Gasteiger partial charge in [0.15, 0.2) is 0 Å². The van der Waals surface area contributed by atoms with Crippen LogP contribution in [0.2, 0.25) is 0 Å². The van der Waals surface area contributed by atoms with Crippen LogP contribution >= 0.6 is 22.6 Å². The number of hydrogen-bond acceptors (Lipinski definition) is 2. The van der Waals surface area contributed by atoms with E-state index in [2.05, 4.69) is 27.7 Å². The predicted octanol–water partition coefficient (Wildman–Crippen LogP) is 1.80. The molecule has 11 heavy (non-hydrogen) atoms. The van der Waals surface area contributed by atoms with Crippen LogP contribution in [-0.2, 0) is 4.74 Å². The van der Waals surface area contributed by atoms with Gasteiger partial charge in [0.2, 0.25) is 0 Å². The lowest BCUT2D eigenvalue weighted by Gasteiger charge is -2.08. The van der Waals surface area contributed by atoms with Gasteiger partial charge < -0.3 is 4.74 Å². The van der Waals surface area contributed by atoms with E-state index in [4.69, 9.17) is 4.74 Å². The number of aromatic nitrogens is 2. The first-order valence-electron chi connectivity index (χ1n) is 3.67. The third-order valence-corrected chi connectivity index (χ3v) is 2.33. The monoisotopic (exact) mass is 264 g/mol. The van der Waals surface area contributed by atoms with Crippen LogP contribution < -0.4 is 0 Å². The van der Waals surface area contributed by atoms with Crippen LogP contribution in [-0.4, -0.2) is 16.4 Å². The minimum Gasteiger partial charge on any atom is -0.357 e. The smallest absolute Gasteiger partial charge is 0.150 e. The Morgan fingerprint density at radius 3 is 3.18 bits per heavy atom. The topological polar surface area (TPSA) is 27.1 Å². The Labute approximate surface area is 78.9 Å². The van der Waals surface area contributed by atoms with Crippen molar-refractivity contribution in [3.8, 4) is 0 Å². The van der Waals surface area contributed by atoms with Crippen LogP contribution in [0.15, 0.2) is 12.4 Å². The Bertz CT molecular complexity index is 242. The number of rotatable bonds is 1. The molecule has 0 bridgehead atoms. The molecule has 1 aromatic rings. The highest BCUT2D eigenvalue weighted by Crippen LogP contribution is 2.22. The minimum absolute atomic E-state index is 0.193. The zero-order chi connectivity index (χ0) is 7.68. The zero-order valence-electron chi connectivity index (χ0n) is 6.03. The predicted molar refractivity (Wildman–Crippen MR) is 49.2 cm³/mol. The maximum atomic E-state index is 5.45. The number of nitrogens with zero attached hydrogens (tertiary/aromatic N) is 2. The normalized spacial score (nSPS) is 24.3. The van der Waals surface area contributed by atoms with Crippen LogP contribution in [0, 0.1) is 3.57 Å². The molecule has 0 saturated carbocycles. The molecule has 1 saturated heterocycles. The van der Waals surface area contributed by atoms with Gasteiger partial charge in [-0.1, -0.05) is 0 Å². The van der Waals surface area contributed by atoms with Crippen LogP contribution in [0.3, 0.4) is 0 Å². The first-order chi connectivity index (χ1) is 5.36. The quantitative estimate of drug-likeness (QED) is 0.723. The summed E-state index contributed by atoms with van der Waals surface area (Å²) in [6.45, 7) is 0.876. The summed E-state index contributed by atoms with van der Waals surface area (Å²) >= 11 is 2.25. The van der Waals surface area contributed by atoms with Gasteiger partial charge in [0, 0.05) is 12.8 Å². The Kier molecular flexibility index (Phi) is 2.13. The summed E-state index contributed by atoms with van der Waals surface area (Å²) in [5.41, 5.74) is 0. The molecule has 1 aliphatic rings. The molecule has 0 amide bonds. The summed E-state index contributed by atoms with van der Waals surface area (Å²) in [5, 5.41) is 4.18. The van der Waals surface area contributed by atoms with Crippen LogP contribution in [0.1, 0.15) is 19.1 Å². The maximum Gasteiger partial charge on any atom is 0.150 e. The molecule has 0 spiro atoms. The molecule has 0 N–H and O–H groups in total. The second-order valence-corrected chi connectivity index (χ2v) is 3.85. The van der Waals surface area contributed by atoms with Gasteiger partial charge >= 0.3 is 0 Å². The Morgan fingerprint density at radius 2 is 2.64 bits per heavy atom. The SMILES string of the molecule is Ic1cnn(C2CCCO2)c1. The first-order valence-corrected chi connectivity index (χ1v) is 4.75. The summed E-state index contributed by atoms with van der Waals surface area (Å²) in [6.07, 6.45) is 6.30.